The molecule has 0 spiro atoms. The highest BCUT2D eigenvalue weighted by molar-refractivity contribution is 6.45. The van der Waals surface area contributed by atoms with E-state index >= 15 is 0 Å². The minimum Gasteiger partial charge on any atom is -0.413 e. The van der Waals surface area contributed by atoms with Gasteiger partial charge >= 0.3 is 9.28 Å². The fraction of sp³-hybridized carbons (Fsp3) is 1.00. The summed E-state index contributed by atoms with van der Waals surface area (Å²) in [7, 11) is -2.48. The second kappa shape index (κ2) is 3.25. The van der Waals surface area contributed by atoms with Gasteiger partial charge in [0.2, 0.25) is 0 Å². The van der Waals surface area contributed by atoms with Gasteiger partial charge in [0.25, 0.3) is 0 Å². The van der Waals surface area contributed by atoms with Crippen molar-refractivity contribution in [3.05, 3.63) is 0 Å². The lowest BCUT2D eigenvalue weighted by Crippen LogP contribution is -2.31. The summed E-state index contributed by atoms with van der Waals surface area (Å²) in [5, 5.41) is -0.266. The molecule has 0 heterocycles. The molecule has 0 aromatic rings. The normalized spacial score (nSPS) is 14.2. The van der Waals surface area contributed by atoms with Crippen molar-refractivity contribution in [3.8, 4) is 0 Å². The molecule has 0 saturated carbocycles. The van der Waals surface area contributed by atoms with Crippen LogP contribution in [0.3, 0.4) is 0 Å². The molecule has 0 aliphatic rings. The van der Waals surface area contributed by atoms with Gasteiger partial charge in [-0.15, -0.1) is 0 Å². The van der Waals surface area contributed by atoms with Crippen LogP contribution in [-0.2, 0) is 0 Å². The molecule has 0 aromatic carbocycles. The zero-order chi connectivity index (χ0) is 9.28. The Kier molecular flexibility index (Phi) is 3.29. The van der Waals surface area contributed by atoms with E-state index in [0.717, 1.165) is 6.42 Å². The van der Waals surface area contributed by atoms with Crippen molar-refractivity contribution < 1.29 is 9.59 Å². The molecule has 68 valence electrons. The zero-order valence-corrected chi connectivity index (χ0v) is 9.33. The Morgan fingerprint density at radius 3 is 1.45 bits per heavy atom. The van der Waals surface area contributed by atoms with Gasteiger partial charge in [0.1, 0.15) is 0 Å². The van der Waals surface area contributed by atoms with Gasteiger partial charge in [-0.05, 0) is 11.8 Å². The predicted octanol–water partition coefficient (Wildman–Crippen LogP) is 1.41. The van der Waals surface area contributed by atoms with Crippen LogP contribution in [-0.4, -0.2) is 18.9 Å². The van der Waals surface area contributed by atoms with Gasteiger partial charge in [0, 0.05) is 5.04 Å². The maximum Gasteiger partial charge on any atom is 0.321 e. The molecule has 0 saturated heterocycles. The lowest BCUT2D eigenvalue weighted by Gasteiger charge is -2.32. The van der Waals surface area contributed by atoms with E-state index in [1.54, 1.807) is 0 Å². The molecular weight excluding hydrogens is 156 g/mol. The van der Waals surface area contributed by atoms with E-state index in [2.05, 4.69) is 20.8 Å². The molecule has 0 amide bonds. The molecule has 0 bridgehead atoms. The van der Waals surface area contributed by atoms with Crippen LogP contribution in [0.2, 0.25) is 5.04 Å². The summed E-state index contributed by atoms with van der Waals surface area (Å²) in [6.45, 7) is 10.2. The summed E-state index contributed by atoms with van der Waals surface area (Å²) in [5.41, 5.74) is 0.181. The zero-order valence-electron chi connectivity index (χ0n) is 8.18. The van der Waals surface area contributed by atoms with Crippen LogP contribution in [0, 0.1) is 5.41 Å². The summed E-state index contributed by atoms with van der Waals surface area (Å²) in [5.74, 6) is 0. The first-order valence-corrected chi connectivity index (χ1v) is 5.62. The van der Waals surface area contributed by atoms with E-state index in [0.29, 0.717) is 0 Å². The smallest absolute Gasteiger partial charge is 0.321 e. The molecule has 0 rings (SSSR count). The van der Waals surface area contributed by atoms with Crippen molar-refractivity contribution in [2.75, 3.05) is 0 Å². The van der Waals surface area contributed by atoms with E-state index in [1.165, 1.54) is 0 Å². The minimum absolute atomic E-state index is 0.181. The Hall–Kier alpha value is 0.137. The lowest BCUT2D eigenvalue weighted by atomic mass is 9.86. The highest BCUT2D eigenvalue weighted by Gasteiger charge is 2.33. The fourth-order valence-corrected chi connectivity index (χ4v) is 2.25. The number of hydrogen-bond donors (Lipinski definition) is 2. The Balaban J connectivity index is 4.13. The molecule has 0 atom stereocenters. The van der Waals surface area contributed by atoms with E-state index < -0.39 is 9.28 Å². The molecule has 0 fully saturated rings. The van der Waals surface area contributed by atoms with Crippen LogP contribution in [0.1, 0.15) is 41.0 Å². The Labute approximate surface area is 71.1 Å². The van der Waals surface area contributed by atoms with E-state index in [-0.39, 0.29) is 10.5 Å². The standard InChI is InChI=1S/C8H20O2Si/c1-7(2,3)6-8(4,5)11(9)10/h9-11H,6H2,1-5H3. The third kappa shape index (κ3) is 4.56. The van der Waals surface area contributed by atoms with Crippen LogP contribution in [0.4, 0.5) is 0 Å². The van der Waals surface area contributed by atoms with E-state index in [1.807, 2.05) is 13.8 Å². The first kappa shape index (κ1) is 11.1. The van der Waals surface area contributed by atoms with E-state index in [4.69, 9.17) is 9.59 Å². The maximum absolute atomic E-state index is 9.14. The largest absolute Gasteiger partial charge is 0.413 e. The average Bonchev–Trinajstić information content (AvgIpc) is 1.56. The van der Waals surface area contributed by atoms with Crippen LogP contribution in [0.25, 0.3) is 0 Å². The average molecular weight is 176 g/mol. The lowest BCUT2D eigenvalue weighted by molar-refractivity contribution is 0.272. The molecule has 2 nitrogen and oxygen atoms in total. The summed E-state index contributed by atoms with van der Waals surface area (Å²) in [6, 6.07) is 0. The molecule has 0 unspecified atom stereocenters. The van der Waals surface area contributed by atoms with Crippen molar-refractivity contribution >= 4 is 9.28 Å². The van der Waals surface area contributed by atoms with E-state index in [9.17, 15) is 0 Å². The molecule has 0 aliphatic heterocycles. The van der Waals surface area contributed by atoms with Crippen LogP contribution < -0.4 is 0 Å². The Morgan fingerprint density at radius 2 is 1.36 bits per heavy atom. The number of rotatable bonds is 2. The van der Waals surface area contributed by atoms with Crippen molar-refractivity contribution in [2.24, 2.45) is 5.41 Å². The van der Waals surface area contributed by atoms with Gasteiger partial charge in [-0.25, -0.2) is 0 Å². The Bertz CT molecular complexity index is 125. The molecular formula is C8H20O2Si. The highest BCUT2D eigenvalue weighted by Crippen LogP contribution is 2.39. The minimum atomic E-state index is -2.48. The third-order valence-corrected chi connectivity index (χ3v) is 3.29. The van der Waals surface area contributed by atoms with Crippen LogP contribution in [0.15, 0.2) is 0 Å². The van der Waals surface area contributed by atoms with Crippen LogP contribution >= 0.6 is 0 Å². The van der Waals surface area contributed by atoms with Gasteiger partial charge in [-0.1, -0.05) is 34.6 Å². The van der Waals surface area contributed by atoms with Crippen molar-refractivity contribution in [3.63, 3.8) is 0 Å². The van der Waals surface area contributed by atoms with Gasteiger partial charge in [0.05, 0.1) is 0 Å². The molecule has 0 aromatic heterocycles. The van der Waals surface area contributed by atoms with Gasteiger partial charge in [0.15, 0.2) is 0 Å². The summed E-state index contributed by atoms with van der Waals surface area (Å²) >= 11 is 0. The van der Waals surface area contributed by atoms with Crippen molar-refractivity contribution in [2.45, 2.75) is 46.1 Å². The van der Waals surface area contributed by atoms with Gasteiger partial charge < -0.3 is 9.59 Å². The second-order valence-corrected chi connectivity index (χ2v) is 7.41. The first-order valence-electron chi connectivity index (χ1n) is 4.01. The molecule has 0 aliphatic carbocycles. The highest BCUT2D eigenvalue weighted by atomic mass is 28.3. The predicted molar refractivity (Wildman–Crippen MR) is 49.7 cm³/mol. The topological polar surface area (TPSA) is 40.5 Å². The SMILES string of the molecule is CC(C)(C)CC(C)(C)[SiH](O)O. The summed E-state index contributed by atoms with van der Waals surface area (Å²) in [6.07, 6.45) is 0.865. The fourth-order valence-electron chi connectivity index (χ4n) is 1.46. The van der Waals surface area contributed by atoms with Crippen LogP contribution in [0.5, 0.6) is 0 Å². The number of hydrogen-bond acceptors (Lipinski definition) is 2. The third-order valence-electron chi connectivity index (χ3n) is 1.68. The van der Waals surface area contributed by atoms with Crippen molar-refractivity contribution in [1.82, 2.24) is 0 Å². The molecule has 2 N–H and O–H groups in total. The maximum atomic E-state index is 9.14. The quantitative estimate of drug-likeness (QED) is 0.625. The molecule has 11 heavy (non-hydrogen) atoms. The van der Waals surface area contributed by atoms with Gasteiger partial charge in [-0.3, -0.25) is 0 Å². The second-order valence-electron chi connectivity index (χ2n) is 5.10. The molecule has 0 radical (unpaired) electrons. The summed E-state index contributed by atoms with van der Waals surface area (Å²) < 4.78 is 0. The monoisotopic (exact) mass is 176 g/mol. The molecule has 3 heteroatoms. The van der Waals surface area contributed by atoms with Crippen molar-refractivity contribution in [1.29, 1.82) is 0 Å². The Morgan fingerprint density at radius 1 is 1.00 bits per heavy atom. The van der Waals surface area contributed by atoms with Gasteiger partial charge in [-0.2, -0.15) is 0 Å². The first-order chi connectivity index (χ1) is 4.65. The summed E-state index contributed by atoms with van der Waals surface area (Å²) in [4.78, 5) is 18.3.